The van der Waals surface area contributed by atoms with Crippen LogP contribution in [0.1, 0.15) is 44.7 Å². The van der Waals surface area contributed by atoms with E-state index in [0.29, 0.717) is 13.1 Å². The highest BCUT2D eigenvalue weighted by atomic mass is 32.2. The summed E-state index contributed by atoms with van der Waals surface area (Å²) in [7, 11) is 0. The molecule has 0 aromatic heterocycles. The van der Waals surface area contributed by atoms with Gasteiger partial charge in [-0.05, 0) is 52.0 Å². The number of nitrogens with zero attached hydrogens (tertiary/aromatic N) is 2. The number of amides is 2. The van der Waals surface area contributed by atoms with Gasteiger partial charge in [-0.1, -0.05) is 29.8 Å². The molecule has 2 saturated heterocycles. The van der Waals surface area contributed by atoms with Gasteiger partial charge in [-0.15, -0.1) is 11.8 Å². The molecule has 0 saturated carbocycles. The fourth-order valence-corrected chi connectivity index (χ4v) is 5.16. The van der Waals surface area contributed by atoms with Crippen molar-refractivity contribution in [3.8, 4) is 0 Å². The molecule has 0 bridgehead atoms. The van der Waals surface area contributed by atoms with Gasteiger partial charge in [0.15, 0.2) is 0 Å². The number of ether oxygens (including phenoxy) is 1. The Morgan fingerprint density at radius 3 is 2.67 bits per heavy atom. The van der Waals surface area contributed by atoms with Gasteiger partial charge in [0.05, 0.1) is 6.04 Å². The van der Waals surface area contributed by atoms with Crippen LogP contribution in [0.5, 0.6) is 0 Å². The second-order valence-electron chi connectivity index (χ2n) is 9.42. The summed E-state index contributed by atoms with van der Waals surface area (Å²) in [6.07, 6.45) is 1.61. The van der Waals surface area contributed by atoms with Gasteiger partial charge >= 0.3 is 6.09 Å². The van der Waals surface area contributed by atoms with E-state index in [1.165, 1.54) is 11.1 Å². The van der Waals surface area contributed by atoms with Crippen molar-refractivity contribution in [1.82, 2.24) is 15.1 Å². The van der Waals surface area contributed by atoms with E-state index in [0.717, 1.165) is 37.6 Å². The Hall–Kier alpha value is -1.73. The van der Waals surface area contributed by atoms with Gasteiger partial charge in [0, 0.05) is 37.8 Å². The lowest BCUT2D eigenvalue weighted by Crippen LogP contribution is -2.51. The highest BCUT2D eigenvalue weighted by Gasteiger charge is 2.36. The summed E-state index contributed by atoms with van der Waals surface area (Å²) in [6.45, 7) is 10.5. The van der Waals surface area contributed by atoms with Crippen LogP contribution in [0.4, 0.5) is 4.79 Å². The molecule has 0 radical (unpaired) electrons. The van der Waals surface area contributed by atoms with Crippen molar-refractivity contribution in [2.24, 2.45) is 5.92 Å². The molecule has 2 heterocycles. The van der Waals surface area contributed by atoms with Gasteiger partial charge in [0.2, 0.25) is 5.91 Å². The van der Waals surface area contributed by atoms with Gasteiger partial charge < -0.3 is 15.0 Å². The van der Waals surface area contributed by atoms with E-state index in [4.69, 9.17) is 4.74 Å². The third-order valence-electron chi connectivity index (χ3n) is 5.53. The molecule has 0 spiro atoms. The molecule has 166 valence electrons. The molecule has 0 unspecified atom stereocenters. The molecule has 2 aliphatic heterocycles. The van der Waals surface area contributed by atoms with Crippen LogP contribution in [0.2, 0.25) is 0 Å². The number of aryl methyl sites for hydroxylation is 1. The summed E-state index contributed by atoms with van der Waals surface area (Å²) >= 11 is 1.83. The average Bonchev–Trinajstić information content (AvgIpc) is 3.14. The maximum Gasteiger partial charge on any atom is 0.407 e. The molecule has 2 atom stereocenters. The fourth-order valence-electron chi connectivity index (χ4n) is 3.97. The second kappa shape index (κ2) is 10.1. The van der Waals surface area contributed by atoms with Crippen LogP contribution in [0.25, 0.3) is 0 Å². The molecule has 2 aliphatic rings. The minimum atomic E-state index is -0.500. The number of benzene rings is 1. The van der Waals surface area contributed by atoms with E-state index in [1.807, 2.05) is 37.4 Å². The average molecular weight is 434 g/mol. The Morgan fingerprint density at radius 2 is 1.97 bits per heavy atom. The normalized spacial score (nSPS) is 22.7. The second-order valence-corrected chi connectivity index (χ2v) is 10.4. The molecule has 30 heavy (non-hydrogen) atoms. The molecule has 1 aromatic carbocycles. The molecular weight excluding hydrogens is 398 g/mol. The Kier molecular flexibility index (Phi) is 7.69. The lowest BCUT2D eigenvalue weighted by molar-refractivity contribution is -0.137. The molecule has 0 aliphatic carbocycles. The van der Waals surface area contributed by atoms with Gasteiger partial charge in [-0.2, -0.15) is 0 Å². The van der Waals surface area contributed by atoms with E-state index >= 15 is 0 Å². The number of alkyl carbamates (subject to hydrolysis) is 1. The first-order valence-corrected chi connectivity index (χ1v) is 12.0. The molecule has 1 aromatic rings. The predicted octanol–water partition coefficient (Wildman–Crippen LogP) is 3.63. The number of thioether (sulfide) groups is 1. The predicted molar refractivity (Wildman–Crippen MR) is 121 cm³/mol. The fraction of sp³-hybridized carbons (Fsp3) is 0.652. The maximum absolute atomic E-state index is 13.3. The van der Waals surface area contributed by atoms with Crippen LogP contribution in [-0.4, -0.2) is 64.7 Å². The Bertz CT molecular complexity index is 732. The third kappa shape index (κ3) is 6.64. The lowest BCUT2D eigenvalue weighted by atomic mass is 9.97. The lowest BCUT2D eigenvalue weighted by Gasteiger charge is -2.36. The van der Waals surface area contributed by atoms with Crippen molar-refractivity contribution >= 4 is 23.8 Å². The van der Waals surface area contributed by atoms with Crippen molar-refractivity contribution in [2.75, 3.05) is 31.3 Å². The highest BCUT2D eigenvalue weighted by Crippen LogP contribution is 2.26. The van der Waals surface area contributed by atoms with Crippen molar-refractivity contribution in [1.29, 1.82) is 0 Å². The summed E-state index contributed by atoms with van der Waals surface area (Å²) in [5, 5.41) is 2.87. The van der Waals surface area contributed by atoms with Crippen LogP contribution < -0.4 is 5.32 Å². The molecule has 2 amide bonds. The third-order valence-corrected chi connectivity index (χ3v) is 6.60. The Balaban J connectivity index is 1.52. The number of carbonyl (C=O) groups is 2. The molecule has 1 N–H and O–H groups in total. The number of hydrogen-bond donors (Lipinski definition) is 1. The number of hydrogen-bond acceptors (Lipinski definition) is 5. The van der Waals surface area contributed by atoms with Gasteiger partial charge in [-0.25, -0.2) is 4.79 Å². The minimum absolute atomic E-state index is 0.0612. The van der Waals surface area contributed by atoms with E-state index in [2.05, 4.69) is 41.4 Å². The SMILES string of the molecule is Cc1ccc(CN2CSC[C@H]2C(=O)N2CCC[C@@H](CNC(=O)OC(C)(C)C)C2)cc1. The summed E-state index contributed by atoms with van der Waals surface area (Å²) in [6, 6.07) is 8.50. The van der Waals surface area contributed by atoms with Gasteiger partial charge in [-0.3, -0.25) is 9.69 Å². The Morgan fingerprint density at radius 1 is 1.23 bits per heavy atom. The minimum Gasteiger partial charge on any atom is -0.444 e. The van der Waals surface area contributed by atoms with Gasteiger partial charge in [0.25, 0.3) is 0 Å². The number of likely N-dealkylation sites (tertiary alicyclic amines) is 1. The van der Waals surface area contributed by atoms with Gasteiger partial charge in [0.1, 0.15) is 5.60 Å². The molecule has 3 rings (SSSR count). The Labute approximate surface area is 184 Å². The van der Waals surface area contributed by atoms with Crippen LogP contribution in [-0.2, 0) is 16.1 Å². The van der Waals surface area contributed by atoms with E-state index in [9.17, 15) is 9.59 Å². The van der Waals surface area contributed by atoms with Crippen molar-refractivity contribution < 1.29 is 14.3 Å². The van der Waals surface area contributed by atoms with E-state index in [-0.39, 0.29) is 24.0 Å². The topological polar surface area (TPSA) is 61.9 Å². The molecule has 7 heteroatoms. The van der Waals surface area contributed by atoms with Crippen LogP contribution in [0.3, 0.4) is 0 Å². The molecule has 6 nitrogen and oxygen atoms in total. The maximum atomic E-state index is 13.3. The number of carbonyl (C=O) groups excluding carboxylic acids is 2. The first kappa shape index (κ1) is 22.9. The molecule has 2 fully saturated rings. The zero-order valence-corrected chi connectivity index (χ0v) is 19.5. The summed E-state index contributed by atoms with van der Waals surface area (Å²) < 4.78 is 5.32. The highest BCUT2D eigenvalue weighted by molar-refractivity contribution is 7.99. The first-order valence-electron chi connectivity index (χ1n) is 10.8. The molecular formula is C23H35N3O3S. The summed E-state index contributed by atoms with van der Waals surface area (Å²) in [5.74, 6) is 2.24. The van der Waals surface area contributed by atoms with Crippen molar-refractivity contribution in [2.45, 2.75) is 58.7 Å². The smallest absolute Gasteiger partial charge is 0.407 e. The van der Waals surface area contributed by atoms with E-state index < -0.39 is 5.60 Å². The van der Waals surface area contributed by atoms with Crippen molar-refractivity contribution in [3.05, 3.63) is 35.4 Å². The zero-order chi connectivity index (χ0) is 21.7. The number of piperidine rings is 1. The number of rotatable bonds is 5. The van der Waals surface area contributed by atoms with Crippen molar-refractivity contribution in [3.63, 3.8) is 0 Å². The summed E-state index contributed by atoms with van der Waals surface area (Å²) in [4.78, 5) is 29.5. The zero-order valence-electron chi connectivity index (χ0n) is 18.6. The monoisotopic (exact) mass is 433 g/mol. The van der Waals surface area contributed by atoms with Crippen LogP contribution >= 0.6 is 11.8 Å². The van der Waals surface area contributed by atoms with E-state index in [1.54, 1.807) is 0 Å². The standard InChI is InChI=1S/C23H35N3O3S/c1-17-7-9-18(10-8-17)13-26-16-30-15-20(26)21(27)25-11-5-6-19(14-25)12-24-22(28)29-23(2,3)4/h7-10,19-20H,5-6,11-16H2,1-4H3,(H,24,28)/t19-,20-/m0/s1. The summed E-state index contributed by atoms with van der Waals surface area (Å²) in [5.41, 5.74) is 2.00. The van der Waals surface area contributed by atoms with Crippen LogP contribution in [0.15, 0.2) is 24.3 Å². The largest absolute Gasteiger partial charge is 0.444 e. The number of nitrogens with one attached hydrogen (secondary N) is 1. The first-order chi connectivity index (χ1) is 14.2. The quantitative estimate of drug-likeness (QED) is 0.768. The van der Waals surface area contributed by atoms with Crippen LogP contribution in [0, 0.1) is 12.8 Å².